The molecule has 82 valence electrons. The predicted octanol–water partition coefficient (Wildman–Crippen LogP) is 2.58. The molecule has 1 aromatic heterocycles. The zero-order valence-electron chi connectivity index (χ0n) is 8.87. The molecule has 0 spiro atoms. The summed E-state index contributed by atoms with van der Waals surface area (Å²) in [6.45, 7) is 2.92. The van der Waals surface area contributed by atoms with E-state index >= 15 is 0 Å². The molecule has 3 nitrogen and oxygen atoms in total. The number of halogens is 1. The van der Waals surface area contributed by atoms with E-state index in [1.165, 1.54) is 0 Å². The van der Waals surface area contributed by atoms with Gasteiger partial charge in [0.25, 0.3) is 0 Å². The highest BCUT2D eigenvalue weighted by Gasteiger charge is 2.29. The fraction of sp³-hybridized carbons (Fsp3) is 0.636. The van der Waals surface area contributed by atoms with Crippen LogP contribution in [0.25, 0.3) is 0 Å². The van der Waals surface area contributed by atoms with Crippen LogP contribution in [0.15, 0.2) is 10.7 Å². The molecule has 0 atom stereocenters. The SMILES string of the molecule is CCn1ncc(Br)c1CCC(=O)C1CC1. The van der Waals surface area contributed by atoms with Gasteiger partial charge in [-0.1, -0.05) is 0 Å². The van der Waals surface area contributed by atoms with Gasteiger partial charge in [-0.05, 0) is 42.1 Å². The lowest BCUT2D eigenvalue weighted by Crippen LogP contribution is -2.07. The Morgan fingerprint density at radius 3 is 3.00 bits per heavy atom. The van der Waals surface area contributed by atoms with Gasteiger partial charge >= 0.3 is 0 Å². The molecule has 0 aliphatic heterocycles. The maximum absolute atomic E-state index is 11.6. The molecule has 0 unspecified atom stereocenters. The third-order valence-electron chi connectivity index (χ3n) is 2.84. The number of hydrogen-bond donors (Lipinski definition) is 0. The highest BCUT2D eigenvalue weighted by Crippen LogP contribution is 2.31. The van der Waals surface area contributed by atoms with Gasteiger partial charge in [0.05, 0.1) is 16.4 Å². The minimum absolute atomic E-state index is 0.377. The number of nitrogens with zero attached hydrogens (tertiary/aromatic N) is 2. The molecular formula is C11H15BrN2O. The quantitative estimate of drug-likeness (QED) is 0.825. The number of aromatic nitrogens is 2. The van der Waals surface area contributed by atoms with Crippen LogP contribution in [0.1, 0.15) is 31.9 Å². The van der Waals surface area contributed by atoms with Crippen molar-refractivity contribution >= 4 is 21.7 Å². The second-order valence-electron chi connectivity index (χ2n) is 4.00. The van der Waals surface area contributed by atoms with Crippen molar-refractivity contribution < 1.29 is 4.79 Å². The summed E-state index contributed by atoms with van der Waals surface area (Å²) in [5, 5.41) is 4.23. The van der Waals surface area contributed by atoms with Crippen LogP contribution < -0.4 is 0 Å². The molecule has 0 aromatic carbocycles. The number of carbonyl (C=O) groups is 1. The monoisotopic (exact) mass is 270 g/mol. The molecule has 0 amide bonds. The molecule has 15 heavy (non-hydrogen) atoms. The van der Waals surface area contributed by atoms with Crippen molar-refractivity contribution in [3.8, 4) is 0 Å². The highest BCUT2D eigenvalue weighted by molar-refractivity contribution is 9.10. The summed E-state index contributed by atoms with van der Waals surface area (Å²) in [4.78, 5) is 11.6. The van der Waals surface area contributed by atoms with Crippen molar-refractivity contribution in [3.63, 3.8) is 0 Å². The van der Waals surface area contributed by atoms with E-state index < -0.39 is 0 Å². The molecule has 0 bridgehead atoms. The zero-order valence-corrected chi connectivity index (χ0v) is 10.5. The summed E-state index contributed by atoms with van der Waals surface area (Å²) in [6.07, 6.45) is 5.49. The van der Waals surface area contributed by atoms with Crippen molar-refractivity contribution in [2.45, 2.75) is 39.2 Å². The molecular weight excluding hydrogens is 256 g/mol. The van der Waals surface area contributed by atoms with Gasteiger partial charge in [-0.25, -0.2) is 0 Å². The Labute approximate surface area is 98.0 Å². The number of Topliss-reactive ketones (excluding diaryl/α,β-unsaturated/α-hetero) is 1. The van der Waals surface area contributed by atoms with Gasteiger partial charge in [0.1, 0.15) is 5.78 Å². The van der Waals surface area contributed by atoms with E-state index in [0.29, 0.717) is 18.1 Å². The lowest BCUT2D eigenvalue weighted by molar-refractivity contribution is -0.120. The number of aryl methyl sites for hydroxylation is 1. The summed E-state index contributed by atoms with van der Waals surface area (Å²) in [7, 11) is 0. The Morgan fingerprint density at radius 1 is 1.67 bits per heavy atom. The molecule has 2 rings (SSSR count). The van der Waals surface area contributed by atoms with Crippen LogP contribution in [-0.2, 0) is 17.8 Å². The van der Waals surface area contributed by atoms with Crippen molar-refractivity contribution in [1.82, 2.24) is 9.78 Å². The first-order chi connectivity index (χ1) is 7.22. The smallest absolute Gasteiger partial charge is 0.136 e. The van der Waals surface area contributed by atoms with Gasteiger partial charge in [0, 0.05) is 18.9 Å². The third-order valence-corrected chi connectivity index (χ3v) is 3.50. The van der Waals surface area contributed by atoms with Gasteiger partial charge in [-0.3, -0.25) is 9.48 Å². The molecule has 1 aliphatic carbocycles. The summed E-state index contributed by atoms with van der Waals surface area (Å²) in [5.41, 5.74) is 1.14. The molecule has 0 saturated heterocycles. The van der Waals surface area contributed by atoms with Crippen molar-refractivity contribution in [1.29, 1.82) is 0 Å². The minimum atomic E-state index is 0.377. The van der Waals surface area contributed by atoms with Crippen molar-refractivity contribution in [2.75, 3.05) is 0 Å². The fourth-order valence-corrected chi connectivity index (χ4v) is 2.25. The van der Waals surface area contributed by atoms with E-state index in [-0.39, 0.29) is 0 Å². The molecule has 1 fully saturated rings. The fourth-order valence-electron chi connectivity index (χ4n) is 1.76. The van der Waals surface area contributed by atoms with Crippen LogP contribution >= 0.6 is 15.9 Å². The second-order valence-corrected chi connectivity index (χ2v) is 4.85. The largest absolute Gasteiger partial charge is 0.299 e. The first-order valence-corrected chi connectivity index (χ1v) is 6.24. The minimum Gasteiger partial charge on any atom is -0.299 e. The molecule has 1 aromatic rings. The Bertz CT molecular complexity index is 369. The maximum Gasteiger partial charge on any atom is 0.136 e. The van der Waals surface area contributed by atoms with Gasteiger partial charge in [0.2, 0.25) is 0 Å². The Hall–Kier alpha value is -0.640. The van der Waals surface area contributed by atoms with E-state index in [4.69, 9.17) is 0 Å². The normalized spacial score (nSPS) is 15.6. The van der Waals surface area contributed by atoms with E-state index in [2.05, 4.69) is 28.0 Å². The predicted molar refractivity (Wildman–Crippen MR) is 61.7 cm³/mol. The van der Waals surface area contributed by atoms with Crippen LogP contribution in [0.3, 0.4) is 0 Å². The molecule has 4 heteroatoms. The molecule has 1 aliphatic rings. The summed E-state index contributed by atoms with van der Waals surface area (Å²) in [5.74, 6) is 0.799. The summed E-state index contributed by atoms with van der Waals surface area (Å²) >= 11 is 3.47. The number of rotatable bonds is 5. The topological polar surface area (TPSA) is 34.9 Å². The molecule has 1 saturated carbocycles. The van der Waals surface area contributed by atoms with Crippen LogP contribution in [0.5, 0.6) is 0 Å². The van der Waals surface area contributed by atoms with E-state index in [1.54, 1.807) is 6.20 Å². The van der Waals surface area contributed by atoms with Gasteiger partial charge in [-0.2, -0.15) is 5.10 Å². The Morgan fingerprint density at radius 2 is 2.40 bits per heavy atom. The second kappa shape index (κ2) is 4.47. The lowest BCUT2D eigenvalue weighted by atomic mass is 10.1. The molecule has 0 N–H and O–H groups in total. The van der Waals surface area contributed by atoms with E-state index in [1.807, 2.05) is 4.68 Å². The highest BCUT2D eigenvalue weighted by atomic mass is 79.9. The standard InChI is InChI=1S/C11H15BrN2O/c1-2-14-10(9(12)7-13-14)5-6-11(15)8-3-4-8/h7-8H,2-6H2,1H3. The van der Waals surface area contributed by atoms with Crippen LogP contribution in [-0.4, -0.2) is 15.6 Å². The Balaban J connectivity index is 1.96. The Kier molecular flexibility index (Phi) is 3.24. The number of carbonyl (C=O) groups excluding carboxylic acids is 1. The average molecular weight is 271 g/mol. The lowest BCUT2D eigenvalue weighted by Gasteiger charge is -2.04. The van der Waals surface area contributed by atoms with Gasteiger partial charge in [0.15, 0.2) is 0 Å². The van der Waals surface area contributed by atoms with Crippen molar-refractivity contribution in [2.24, 2.45) is 5.92 Å². The molecule has 1 heterocycles. The first-order valence-electron chi connectivity index (χ1n) is 5.45. The van der Waals surface area contributed by atoms with E-state index in [9.17, 15) is 4.79 Å². The first kappa shape index (κ1) is 10.9. The maximum atomic E-state index is 11.6. The number of hydrogen-bond acceptors (Lipinski definition) is 2. The summed E-state index contributed by atoms with van der Waals surface area (Å²) in [6, 6.07) is 0. The zero-order chi connectivity index (χ0) is 10.8. The average Bonchev–Trinajstić information content (AvgIpc) is 3.01. The number of ketones is 1. The third kappa shape index (κ3) is 2.48. The van der Waals surface area contributed by atoms with Crippen molar-refractivity contribution in [3.05, 3.63) is 16.4 Å². The summed E-state index contributed by atoms with van der Waals surface area (Å²) < 4.78 is 2.97. The van der Waals surface area contributed by atoms with E-state index in [0.717, 1.165) is 36.0 Å². The van der Waals surface area contributed by atoms with Crippen LogP contribution in [0.4, 0.5) is 0 Å². The molecule has 0 radical (unpaired) electrons. The van der Waals surface area contributed by atoms with Crippen LogP contribution in [0, 0.1) is 5.92 Å². The van der Waals surface area contributed by atoms with Gasteiger partial charge < -0.3 is 0 Å². The van der Waals surface area contributed by atoms with Gasteiger partial charge in [-0.15, -0.1) is 0 Å². The van der Waals surface area contributed by atoms with Crippen LogP contribution in [0.2, 0.25) is 0 Å².